The Morgan fingerprint density at radius 3 is 2.64 bits per heavy atom. The van der Waals surface area contributed by atoms with E-state index in [2.05, 4.69) is 39.3 Å². The van der Waals surface area contributed by atoms with Crippen LogP contribution in [0.25, 0.3) is 10.9 Å². The van der Waals surface area contributed by atoms with Gasteiger partial charge in [0.1, 0.15) is 5.82 Å². The standard InChI is InChI=1S/C21H26N6O/c1-26(2)13-7-12-23-20-17-9-4-5-10-18(17)24-19(25-20)15-27(3)21(28)16-8-6-11-22-14-16/h4-6,8-11,14H,7,12-13,15H2,1-3H3,(H,23,24,25). The molecule has 28 heavy (non-hydrogen) atoms. The molecule has 2 heterocycles. The summed E-state index contributed by atoms with van der Waals surface area (Å²) in [5, 5.41) is 4.41. The fourth-order valence-corrected chi connectivity index (χ4v) is 2.93. The molecule has 0 spiro atoms. The first-order valence-corrected chi connectivity index (χ1v) is 9.34. The van der Waals surface area contributed by atoms with Crippen LogP contribution in [0.2, 0.25) is 0 Å². The number of anilines is 1. The number of nitrogens with zero attached hydrogens (tertiary/aromatic N) is 5. The fourth-order valence-electron chi connectivity index (χ4n) is 2.93. The van der Waals surface area contributed by atoms with Crippen molar-refractivity contribution in [2.75, 3.05) is 39.5 Å². The Morgan fingerprint density at radius 2 is 1.89 bits per heavy atom. The second-order valence-corrected chi connectivity index (χ2v) is 6.99. The van der Waals surface area contributed by atoms with Gasteiger partial charge in [0.15, 0.2) is 5.82 Å². The molecule has 2 aromatic heterocycles. The molecule has 0 unspecified atom stereocenters. The number of pyridine rings is 1. The van der Waals surface area contributed by atoms with Crippen molar-refractivity contribution in [1.29, 1.82) is 0 Å². The quantitative estimate of drug-likeness (QED) is 0.608. The van der Waals surface area contributed by atoms with E-state index in [0.29, 0.717) is 17.9 Å². The van der Waals surface area contributed by atoms with Crippen LogP contribution in [0.4, 0.5) is 5.82 Å². The number of benzene rings is 1. The summed E-state index contributed by atoms with van der Waals surface area (Å²) in [6.45, 7) is 2.15. The molecule has 1 amide bonds. The van der Waals surface area contributed by atoms with Crippen molar-refractivity contribution in [3.8, 4) is 0 Å². The van der Waals surface area contributed by atoms with Gasteiger partial charge < -0.3 is 15.1 Å². The van der Waals surface area contributed by atoms with E-state index >= 15 is 0 Å². The number of carbonyl (C=O) groups is 1. The fraction of sp³-hybridized carbons (Fsp3) is 0.333. The molecule has 3 rings (SSSR count). The van der Waals surface area contributed by atoms with Gasteiger partial charge in [0.05, 0.1) is 17.6 Å². The number of aromatic nitrogens is 3. The molecule has 1 aromatic carbocycles. The van der Waals surface area contributed by atoms with Gasteiger partial charge in [-0.1, -0.05) is 12.1 Å². The van der Waals surface area contributed by atoms with Crippen molar-refractivity contribution in [1.82, 2.24) is 24.8 Å². The molecule has 0 fully saturated rings. The molecule has 0 saturated heterocycles. The minimum atomic E-state index is -0.106. The zero-order valence-electron chi connectivity index (χ0n) is 16.6. The monoisotopic (exact) mass is 378 g/mol. The number of para-hydroxylation sites is 1. The lowest BCUT2D eigenvalue weighted by Gasteiger charge is -2.17. The van der Waals surface area contributed by atoms with E-state index in [4.69, 9.17) is 0 Å². The summed E-state index contributed by atoms with van der Waals surface area (Å²) in [4.78, 5) is 29.7. The van der Waals surface area contributed by atoms with E-state index in [9.17, 15) is 4.79 Å². The third-order valence-electron chi connectivity index (χ3n) is 4.36. The van der Waals surface area contributed by atoms with Gasteiger partial charge in [-0.25, -0.2) is 9.97 Å². The Hall–Kier alpha value is -3.06. The molecule has 7 heteroatoms. The van der Waals surface area contributed by atoms with Crippen molar-refractivity contribution < 1.29 is 4.79 Å². The smallest absolute Gasteiger partial charge is 0.255 e. The first-order chi connectivity index (χ1) is 13.5. The maximum absolute atomic E-state index is 12.6. The average molecular weight is 378 g/mol. The van der Waals surface area contributed by atoms with Crippen molar-refractivity contribution in [3.05, 3.63) is 60.2 Å². The summed E-state index contributed by atoms with van der Waals surface area (Å²) in [6.07, 6.45) is 4.23. The molecule has 146 valence electrons. The summed E-state index contributed by atoms with van der Waals surface area (Å²) in [5.41, 5.74) is 1.41. The summed E-state index contributed by atoms with van der Waals surface area (Å²) in [5.74, 6) is 1.31. The van der Waals surface area contributed by atoms with Crippen molar-refractivity contribution in [2.24, 2.45) is 0 Å². The van der Waals surface area contributed by atoms with Crippen LogP contribution in [-0.4, -0.2) is 64.9 Å². The number of fused-ring (bicyclic) bond motifs is 1. The van der Waals surface area contributed by atoms with Crippen LogP contribution in [-0.2, 0) is 6.54 Å². The number of amides is 1. The molecular formula is C21H26N6O. The Balaban J connectivity index is 1.78. The minimum Gasteiger partial charge on any atom is -0.369 e. The summed E-state index contributed by atoms with van der Waals surface area (Å²) in [6, 6.07) is 11.4. The normalized spacial score (nSPS) is 11.0. The van der Waals surface area contributed by atoms with Crippen LogP contribution < -0.4 is 5.32 Å². The Morgan fingerprint density at radius 1 is 1.07 bits per heavy atom. The number of nitrogens with one attached hydrogen (secondary N) is 1. The van der Waals surface area contributed by atoms with Gasteiger partial charge >= 0.3 is 0 Å². The van der Waals surface area contributed by atoms with Gasteiger partial charge in [-0.05, 0) is 51.3 Å². The highest BCUT2D eigenvalue weighted by atomic mass is 16.2. The number of hydrogen-bond donors (Lipinski definition) is 1. The van der Waals surface area contributed by atoms with Gasteiger partial charge in [0, 0.05) is 31.4 Å². The summed E-state index contributed by atoms with van der Waals surface area (Å²) >= 11 is 0. The number of hydrogen-bond acceptors (Lipinski definition) is 6. The van der Waals surface area contributed by atoms with Crippen LogP contribution >= 0.6 is 0 Å². The zero-order valence-corrected chi connectivity index (χ0v) is 16.6. The highest BCUT2D eigenvalue weighted by Gasteiger charge is 2.15. The molecule has 0 bridgehead atoms. The highest BCUT2D eigenvalue weighted by Crippen LogP contribution is 2.20. The Labute approximate surface area is 165 Å². The number of rotatable bonds is 8. The van der Waals surface area contributed by atoms with E-state index in [1.54, 1.807) is 36.5 Å². The SMILES string of the molecule is CN(C)CCCNc1nc(CN(C)C(=O)c2cccnc2)nc2ccccc12. The predicted molar refractivity (Wildman–Crippen MR) is 111 cm³/mol. The molecule has 3 aromatic rings. The highest BCUT2D eigenvalue weighted by molar-refractivity contribution is 5.93. The lowest BCUT2D eigenvalue weighted by molar-refractivity contribution is 0.0781. The Kier molecular flexibility index (Phi) is 6.49. The van der Waals surface area contributed by atoms with E-state index in [1.165, 1.54) is 0 Å². The first-order valence-electron chi connectivity index (χ1n) is 9.34. The third kappa shape index (κ3) is 5.01. The van der Waals surface area contributed by atoms with E-state index in [-0.39, 0.29) is 5.91 Å². The predicted octanol–water partition coefficient (Wildman–Crippen LogP) is 2.66. The topological polar surface area (TPSA) is 74.2 Å². The molecule has 1 N–H and O–H groups in total. The first kappa shape index (κ1) is 19.7. The molecule has 0 radical (unpaired) electrons. The van der Waals surface area contributed by atoms with E-state index in [0.717, 1.165) is 36.2 Å². The maximum Gasteiger partial charge on any atom is 0.255 e. The van der Waals surface area contributed by atoms with Crippen molar-refractivity contribution >= 4 is 22.6 Å². The van der Waals surface area contributed by atoms with Crippen molar-refractivity contribution in [2.45, 2.75) is 13.0 Å². The van der Waals surface area contributed by atoms with Crippen LogP contribution in [0.3, 0.4) is 0 Å². The zero-order chi connectivity index (χ0) is 19.9. The lowest BCUT2D eigenvalue weighted by Crippen LogP contribution is -2.27. The van der Waals surface area contributed by atoms with Crippen molar-refractivity contribution in [3.63, 3.8) is 0 Å². The third-order valence-corrected chi connectivity index (χ3v) is 4.36. The molecule has 0 saturated carbocycles. The largest absolute Gasteiger partial charge is 0.369 e. The van der Waals surface area contributed by atoms with Gasteiger partial charge in [-0.3, -0.25) is 9.78 Å². The molecular weight excluding hydrogens is 352 g/mol. The minimum absolute atomic E-state index is 0.106. The molecule has 0 aliphatic rings. The van der Waals surface area contributed by atoms with Gasteiger partial charge in [-0.2, -0.15) is 0 Å². The summed E-state index contributed by atoms with van der Waals surface area (Å²) in [7, 11) is 5.87. The second-order valence-electron chi connectivity index (χ2n) is 6.99. The summed E-state index contributed by atoms with van der Waals surface area (Å²) < 4.78 is 0. The van der Waals surface area contributed by atoms with Crippen LogP contribution in [0.1, 0.15) is 22.6 Å². The maximum atomic E-state index is 12.6. The van der Waals surface area contributed by atoms with Crippen LogP contribution in [0.15, 0.2) is 48.8 Å². The van der Waals surface area contributed by atoms with Gasteiger partial charge in [-0.15, -0.1) is 0 Å². The molecule has 0 atom stereocenters. The second kappa shape index (κ2) is 9.23. The number of carbonyl (C=O) groups excluding carboxylic acids is 1. The molecule has 0 aliphatic carbocycles. The van der Waals surface area contributed by atoms with E-state index in [1.807, 2.05) is 24.3 Å². The Bertz CT molecular complexity index is 929. The average Bonchev–Trinajstić information content (AvgIpc) is 2.71. The van der Waals surface area contributed by atoms with Crippen LogP contribution in [0.5, 0.6) is 0 Å². The molecule has 0 aliphatic heterocycles. The lowest BCUT2D eigenvalue weighted by atomic mass is 10.2. The van der Waals surface area contributed by atoms with Gasteiger partial charge in [0.2, 0.25) is 0 Å². The molecule has 7 nitrogen and oxygen atoms in total. The van der Waals surface area contributed by atoms with E-state index < -0.39 is 0 Å². The van der Waals surface area contributed by atoms with Gasteiger partial charge in [0.25, 0.3) is 5.91 Å². The van der Waals surface area contributed by atoms with Crippen LogP contribution in [0, 0.1) is 0 Å².